The third-order valence-corrected chi connectivity index (χ3v) is 6.76. The second-order valence-electron chi connectivity index (χ2n) is 8.78. The molecule has 7 nitrogen and oxygen atoms in total. The number of piperazine rings is 1. The van der Waals surface area contributed by atoms with Crippen molar-refractivity contribution in [3.63, 3.8) is 0 Å². The van der Waals surface area contributed by atoms with Crippen molar-refractivity contribution in [3.8, 4) is 17.2 Å². The molecule has 2 fully saturated rings. The molecule has 3 N–H and O–H groups in total. The van der Waals surface area contributed by atoms with Crippen LogP contribution in [0.4, 0.5) is 0 Å². The van der Waals surface area contributed by atoms with Gasteiger partial charge in [-0.3, -0.25) is 4.79 Å². The molecule has 1 amide bonds. The van der Waals surface area contributed by atoms with E-state index in [4.69, 9.17) is 14.2 Å². The number of hydrogen-bond donors (Lipinski definition) is 3. The minimum absolute atomic E-state index is 0.216. The Morgan fingerprint density at radius 3 is 2.27 bits per heavy atom. The number of nitrogens with one attached hydrogen (secondary N) is 3. The predicted molar refractivity (Wildman–Crippen MR) is 116 cm³/mol. The van der Waals surface area contributed by atoms with Gasteiger partial charge in [0.2, 0.25) is 5.75 Å². The molecule has 1 heterocycles. The Balaban J connectivity index is 1.49. The maximum Gasteiger partial charge on any atom is 0.275 e. The molecular weight excluding hydrogens is 382 g/mol. The van der Waals surface area contributed by atoms with Crippen molar-refractivity contribution in [2.24, 2.45) is 5.92 Å². The molecule has 1 aromatic carbocycles. The summed E-state index contributed by atoms with van der Waals surface area (Å²) >= 11 is 0. The van der Waals surface area contributed by atoms with Gasteiger partial charge in [-0.1, -0.05) is 19.8 Å². The van der Waals surface area contributed by atoms with E-state index in [0.29, 0.717) is 30.0 Å². The third-order valence-electron chi connectivity index (χ3n) is 6.76. The fraction of sp³-hybridized carbons (Fsp3) is 0.696. The molecule has 0 aromatic heterocycles. The highest BCUT2D eigenvalue weighted by Gasteiger charge is 2.29. The molecule has 3 rings (SSSR count). The van der Waals surface area contributed by atoms with Gasteiger partial charge < -0.3 is 29.3 Å². The summed E-state index contributed by atoms with van der Waals surface area (Å²) in [5, 5.41) is 3.30. The molecule has 1 saturated carbocycles. The average molecular weight is 422 g/mol. The molecule has 0 radical (unpaired) electrons. The molecule has 1 aliphatic heterocycles. The quantitative estimate of drug-likeness (QED) is 0.539. The summed E-state index contributed by atoms with van der Waals surface area (Å²) in [7, 11) is 4.94. The smallest absolute Gasteiger partial charge is 0.275 e. The minimum atomic E-state index is 0.216. The first-order valence-corrected chi connectivity index (χ1v) is 11.3. The second kappa shape index (κ2) is 10.9. The van der Waals surface area contributed by atoms with Crippen LogP contribution in [0.1, 0.15) is 38.2 Å². The maximum absolute atomic E-state index is 12.5. The van der Waals surface area contributed by atoms with Gasteiger partial charge in [0.15, 0.2) is 18.0 Å². The number of rotatable bonds is 8. The number of methoxy groups -OCH3 is 3. The molecular formula is C23H39N3O4+2. The molecule has 1 saturated heterocycles. The molecule has 7 heteroatoms. The summed E-state index contributed by atoms with van der Waals surface area (Å²) in [5.74, 6) is 2.90. The van der Waals surface area contributed by atoms with E-state index in [2.05, 4.69) is 18.3 Å². The highest BCUT2D eigenvalue weighted by molar-refractivity contribution is 5.77. The van der Waals surface area contributed by atoms with Crippen LogP contribution in [0.2, 0.25) is 0 Å². The van der Waals surface area contributed by atoms with Gasteiger partial charge in [-0.25, -0.2) is 0 Å². The topological polar surface area (TPSA) is 65.7 Å². The summed E-state index contributed by atoms with van der Waals surface area (Å²) in [5.41, 5.74) is 1.12. The summed E-state index contributed by atoms with van der Waals surface area (Å²) in [6.45, 7) is 7.84. The number of hydrogen-bond acceptors (Lipinski definition) is 4. The highest BCUT2D eigenvalue weighted by Crippen LogP contribution is 2.39. The molecule has 0 spiro atoms. The molecule has 0 unspecified atom stereocenters. The van der Waals surface area contributed by atoms with Gasteiger partial charge in [0.05, 0.1) is 26.9 Å². The largest absolute Gasteiger partial charge is 0.493 e. The standard InChI is InChI=1S/C23H37N3O4/c1-17-7-5-6-8-19(17)24-21(27)16-26-13-11-25(12-14-26)15-18-9-10-20(28-2)23(30-4)22(18)29-3/h9-10,17,19H,5-8,11-16H2,1-4H3,(H,24,27)/p+2/t17-,19+/m0/s1. The first kappa shape index (κ1) is 22.7. The SMILES string of the molecule is COc1ccc(C[NH+]2CC[NH+](CC(=O)N[C@@H]3CCCC[C@@H]3C)CC2)c(OC)c1OC. The summed E-state index contributed by atoms with van der Waals surface area (Å²) in [6, 6.07) is 4.37. The first-order chi connectivity index (χ1) is 14.5. The van der Waals surface area contributed by atoms with Crippen molar-refractivity contribution in [3.05, 3.63) is 17.7 Å². The fourth-order valence-electron chi connectivity index (χ4n) is 4.90. The van der Waals surface area contributed by atoms with Crippen molar-refractivity contribution < 1.29 is 28.8 Å². The molecule has 1 aliphatic carbocycles. The van der Waals surface area contributed by atoms with Crippen LogP contribution in [-0.2, 0) is 11.3 Å². The van der Waals surface area contributed by atoms with E-state index in [-0.39, 0.29) is 5.91 Å². The number of carbonyl (C=O) groups excluding carboxylic acids is 1. The van der Waals surface area contributed by atoms with Crippen molar-refractivity contribution in [1.29, 1.82) is 0 Å². The lowest BCUT2D eigenvalue weighted by Crippen LogP contribution is -3.28. The predicted octanol–water partition coefficient (Wildman–Crippen LogP) is -0.309. The fourth-order valence-corrected chi connectivity index (χ4v) is 4.90. The maximum atomic E-state index is 12.5. The summed E-state index contributed by atoms with van der Waals surface area (Å²) in [6.07, 6.45) is 4.91. The number of benzene rings is 1. The summed E-state index contributed by atoms with van der Waals surface area (Å²) < 4.78 is 16.5. The molecule has 168 valence electrons. The Morgan fingerprint density at radius 2 is 1.63 bits per heavy atom. The van der Waals surface area contributed by atoms with Gasteiger partial charge in [0.1, 0.15) is 32.7 Å². The first-order valence-electron chi connectivity index (χ1n) is 11.3. The van der Waals surface area contributed by atoms with Gasteiger partial charge in [0.25, 0.3) is 5.91 Å². The van der Waals surface area contributed by atoms with E-state index in [9.17, 15) is 4.79 Å². The lowest BCUT2D eigenvalue weighted by molar-refractivity contribution is -1.02. The van der Waals surface area contributed by atoms with Crippen LogP contribution < -0.4 is 29.3 Å². The van der Waals surface area contributed by atoms with Crippen molar-refractivity contribution in [1.82, 2.24) is 5.32 Å². The minimum Gasteiger partial charge on any atom is -0.493 e. The molecule has 2 aliphatic rings. The zero-order valence-corrected chi connectivity index (χ0v) is 19.0. The lowest BCUT2D eigenvalue weighted by atomic mass is 9.86. The van der Waals surface area contributed by atoms with E-state index in [1.165, 1.54) is 29.1 Å². The second-order valence-corrected chi connectivity index (χ2v) is 8.78. The van der Waals surface area contributed by atoms with Crippen LogP contribution in [0, 0.1) is 5.92 Å². The number of carbonyl (C=O) groups is 1. The van der Waals surface area contributed by atoms with Crippen LogP contribution in [0.3, 0.4) is 0 Å². The number of ether oxygens (including phenoxy) is 3. The lowest BCUT2D eigenvalue weighted by Gasteiger charge is -2.32. The van der Waals surface area contributed by atoms with Crippen LogP contribution in [0.5, 0.6) is 17.2 Å². The Labute approximate surface area is 180 Å². The third kappa shape index (κ3) is 5.58. The number of quaternary nitrogens is 2. The van der Waals surface area contributed by atoms with Gasteiger partial charge in [-0.15, -0.1) is 0 Å². The van der Waals surface area contributed by atoms with Crippen molar-refractivity contribution >= 4 is 5.91 Å². The van der Waals surface area contributed by atoms with Crippen molar-refractivity contribution in [2.45, 2.75) is 45.2 Å². The zero-order valence-electron chi connectivity index (χ0n) is 19.0. The van der Waals surface area contributed by atoms with Crippen LogP contribution in [-0.4, -0.2) is 66.0 Å². The molecule has 30 heavy (non-hydrogen) atoms. The Hall–Kier alpha value is -1.99. The Bertz CT molecular complexity index is 704. The van der Waals surface area contributed by atoms with E-state index in [1.807, 2.05) is 6.07 Å². The van der Waals surface area contributed by atoms with Gasteiger partial charge in [-0.2, -0.15) is 0 Å². The zero-order chi connectivity index (χ0) is 21.5. The molecule has 2 atom stereocenters. The normalized spacial score (nSPS) is 26.7. The van der Waals surface area contributed by atoms with Gasteiger partial charge in [-0.05, 0) is 30.9 Å². The monoisotopic (exact) mass is 421 g/mol. The Kier molecular flexibility index (Phi) is 8.22. The van der Waals surface area contributed by atoms with E-state index < -0.39 is 0 Å². The van der Waals surface area contributed by atoms with E-state index >= 15 is 0 Å². The molecule has 0 bridgehead atoms. The van der Waals surface area contributed by atoms with Gasteiger partial charge >= 0.3 is 0 Å². The van der Waals surface area contributed by atoms with Crippen LogP contribution in [0.15, 0.2) is 12.1 Å². The van der Waals surface area contributed by atoms with Crippen LogP contribution in [0.25, 0.3) is 0 Å². The van der Waals surface area contributed by atoms with Crippen LogP contribution >= 0.6 is 0 Å². The van der Waals surface area contributed by atoms with E-state index in [0.717, 1.165) is 50.5 Å². The molecule has 1 aromatic rings. The number of amides is 1. The summed E-state index contributed by atoms with van der Waals surface area (Å²) in [4.78, 5) is 15.4. The Morgan fingerprint density at radius 1 is 0.967 bits per heavy atom. The highest BCUT2D eigenvalue weighted by atomic mass is 16.5. The van der Waals surface area contributed by atoms with Gasteiger partial charge in [0, 0.05) is 6.04 Å². The van der Waals surface area contributed by atoms with Crippen molar-refractivity contribution in [2.75, 3.05) is 54.1 Å². The average Bonchev–Trinajstić information content (AvgIpc) is 2.76. The van der Waals surface area contributed by atoms with E-state index in [1.54, 1.807) is 21.3 Å².